The van der Waals surface area contributed by atoms with Gasteiger partial charge in [0.2, 0.25) is 0 Å². The lowest BCUT2D eigenvalue weighted by Crippen LogP contribution is -2.26. The molecule has 1 aliphatic heterocycles. The van der Waals surface area contributed by atoms with Gasteiger partial charge in [-0.2, -0.15) is 0 Å². The zero-order valence-corrected chi connectivity index (χ0v) is 31.7. The maximum atomic E-state index is 11.5. The van der Waals surface area contributed by atoms with Gasteiger partial charge in [-0.3, -0.25) is 0 Å². The molecule has 1 unspecified atom stereocenters. The van der Waals surface area contributed by atoms with Crippen molar-refractivity contribution >= 4 is 5.97 Å². The first-order valence-corrected chi connectivity index (χ1v) is 17.6. The molecule has 1 atom stereocenters. The first-order chi connectivity index (χ1) is 21.6. The first-order valence-electron chi connectivity index (χ1n) is 17.6. The standard InChI is InChI=1S/C13H18.C12H14O2.C9H14O3.C8H16/c1-13(2,3)12-8-7-10-5-4-6-11(10)9-12;1-12(2,3)10-8-6-4-5-7-9(8)11(13)14-10;1-6-7(5-9(2,3)4)12-8(10)11-6;1-8(2,3)7-5-4-6-7/h7-9H,4-6H2,1-3H3;4-7,10H,1-3H3;5H2,1-4H3;7H,4-6H2,1-3H3. The minimum absolute atomic E-state index is 0.0394. The normalized spacial score (nSPS) is 17.5. The molecule has 0 spiro atoms. The van der Waals surface area contributed by atoms with Crippen LogP contribution in [0.1, 0.15) is 159 Å². The average Bonchev–Trinajstić information content (AvgIpc) is 3.58. The van der Waals surface area contributed by atoms with Crippen LogP contribution in [-0.4, -0.2) is 5.97 Å². The second-order valence-corrected chi connectivity index (χ2v) is 18.0. The highest BCUT2D eigenvalue weighted by molar-refractivity contribution is 5.94. The van der Waals surface area contributed by atoms with E-state index in [1.807, 2.05) is 24.3 Å². The number of hydrogen-bond acceptors (Lipinski definition) is 5. The number of carbonyl (C=O) groups excluding carboxylic acids is 1. The van der Waals surface area contributed by atoms with Gasteiger partial charge in [0.25, 0.3) is 0 Å². The van der Waals surface area contributed by atoms with Crippen molar-refractivity contribution in [1.82, 2.24) is 0 Å². The fraction of sp³-hybridized carbons (Fsp3) is 0.619. The molecule has 0 bridgehead atoms. The SMILES string of the molecule is CC(C)(C)C1CCC1.CC(C)(C)C1OC(=O)c2ccccc21.CC(C)(C)c1ccc2c(c1)CCC2.Cc1oc(=O)oc1CC(C)(C)C. The second-order valence-electron chi connectivity index (χ2n) is 18.0. The summed E-state index contributed by atoms with van der Waals surface area (Å²) in [6.07, 6.45) is 8.98. The Hall–Kier alpha value is -3.08. The predicted molar refractivity (Wildman–Crippen MR) is 193 cm³/mol. The Kier molecular flexibility index (Phi) is 12.2. The van der Waals surface area contributed by atoms with Gasteiger partial charge in [-0.25, -0.2) is 9.59 Å². The minimum Gasteiger partial charge on any atom is -0.453 e. The summed E-state index contributed by atoms with van der Waals surface area (Å²) in [7, 11) is 0. The van der Waals surface area contributed by atoms with Crippen LogP contribution in [0.25, 0.3) is 0 Å². The molecule has 0 saturated heterocycles. The first kappa shape index (κ1) is 38.4. The van der Waals surface area contributed by atoms with Gasteiger partial charge < -0.3 is 13.6 Å². The molecule has 2 heterocycles. The molecule has 2 aliphatic carbocycles. The maximum Gasteiger partial charge on any atom is 0.519 e. The van der Waals surface area contributed by atoms with Crippen molar-refractivity contribution in [3.05, 3.63) is 92.4 Å². The van der Waals surface area contributed by atoms with E-state index in [-0.39, 0.29) is 22.9 Å². The molecule has 0 amide bonds. The summed E-state index contributed by atoms with van der Waals surface area (Å²) < 4.78 is 15.0. The van der Waals surface area contributed by atoms with Crippen LogP contribution in [0.4, 0.5) is 0 Å². The molecule has 2 aromatic carbocycles. The van der Waals surface area contributed by atoms with Crippen molar-refractivity contribution in [3.63, 3.8) is 0 Å². The monoisotopic (exact) mass is 646 g/mol. The molecular weight excluding hydrogens is 584 g/mol. The van der Waals surface area contributed by atoms with Crippen molar-refractivity contribution in [2.45, 2.75) is 146 Å². The highest BCUT2D eigenvalue weighted by atomic mass is 16.6. The summed E-state index contributed by atoms with van der Waals surface area (Å²) >= 11 is 0. The van der Waals surface area contributed by atoms with Crippen LogP contribution < -0.4 is 5.82 Å². The zero-order valence-electron chi connectivity index (χ0n) is 31.7. The van der Waals surface area contributed by atoms with Gasteiger partial charge in [0.15, 0.2) is 0 Å². The van der Waals surface area contributed by atoms with E-state index < -0.39 is 5.82 Å². The Balaban J connectivity index is 0.000000173. The maximum absolute atomic E-state index is 11.5. The summed E-state index contributed by atoms with van der Waals surface area (Å²) in [5, 5.41) is 0. The molecule has 1 fully saturated rings. The van der Waals surface area contributed by atoms with Gasteiger partial charge >= 0.3 is 11.8 Å². The number of esters is 1. The third kappa shape index (κ3) is 11.3. The molecule has 5 heteroatoms. The Labute approximate surface area is 284 Å². The quantitative estimate of drug-likeness (QED) is 0.246. The van der Waals surface area contributed by atoms with Gasteiger partial charge in [0.05, 0.1) is 5.56 Å². The summed E-state index contributed by atoms with van der Waals surface area (Å²) in [4.78, 5) is 22.2. The molecule has 3 aliphatic rings. The molecule has 260 valence electrons. The van der Waals surface area contributed by atoms with E-state index in [2.05, 4.69) is 101 Å². The van der Waals surface area contributed by atoms with Gasteiger partial charge in [0, 0.05) is 17.4 Å². The molecule has 0 N–H and O–H groups in total. The molecule has 47 heavy (non-hydrogen) atoms. The van der Waals surface area contributed by atoms with E-state index in [0.717, 1.165) is 17.9 Å². The van der Waals surface area contributed by atoms with Gasteiger partial charge in [-0.1, -0.05) is 126 Å². The molecule has 3 aromatic rings. The smallest absolute Gasteiger partial charge is 0.453 e. The van der Waals surface area contributed by atoms with Crippen molar-refractivity contribution in [2.75, 3.05) is 0 Å². The second kappa shape index (κ2) is 15.0. The van der Waals surface area contributed by atoms with E-state index in [9.17, 15) is 9.59 Å². The Morgan fingerprint density at radius 2 is 1.34 bits per heavy atom. The molecule has 1 saturated carbocycles. The number of carbonyl (C=O) groups is 1. The molecule has 5 nitrogen and oxygen atoms in total. The number of ether oxygens (including phenoxy) is 1. The van der Waals surface area contributed by atoms with Crippen LogP contribution in [-0.2, 0) is 29.4 Å². The Morgan fingerprint density at radius 3 is 1.81 bits per heavy atom. The predicted octanol–water partition coefficient (Wildman–Crippen LogP) is 11.4. The number of aryl methyl sites for hydroxylation is 3. The molecule has 6 rings (SSSR count). The number of hydrogen-bond donors (Lipinski definition) is 0. The Morgan fingerprint density at radius 1 is 0.723 bits per heavy atom. The van der Waals surface area contributed by atoms with Crippen LogP contribution >= 0.6 is 0 Å². The van der Waals surface area contributed by atoms with Crippen LogP contribution in [0.5, 0.6) is 0 Å². The number of cyclic esters (lactones) is 1. The summed E-state index contributed by atoms with van der Waals surface area (Å²) in [5.74, 6) is 1.48. The molecule has 1 aromatic heterocycles. The van der Waals surface area contributed by atoms with Crippen molar-refractivity contribution in [1.29, 1.82) is 0 Å². The van der Waals surface area contributed by atoms with Crippen LogP contribution in [0.15, 0.2) is 56.1 Å². The fourth-order valence-corrected chi connectivity index (χ4v) is 6.12. The highest BCUT2D eigenvalue weighted by Crippen LogP contribution is 2.42. The third-order valence-corrected chi connectivity index (χ3v) is 9.30. The summed E-state index contributed by atoms with van der Waals surface area (Å²) in [6.45, 7) is 28.1. The average molecular weight is 647 g/mol. The molecule has 0 radical (unpaired) electrons. The summed E-state index contributed by atoms with van der Waals surface area (Å²) in [5.41, 5.74) is 7.36. The van der Waals surface area contributed by atoms with Gasteiger partial charge in [-0.05, 0) is 83.9 Å². The van der Waals surface area contributed by atoms with Crippen molar-refractivity contribution in [3.8, 4) is 0 Å². The van der Waals surface area contributed by atoms with Crippen LogP contribution in [0.2, 0.25) is 0 Å². The lowest BCUT2D eigenvalue weighted by Gasteiger charge is -2.37. The molecular formula is C42H62O5. The largest absolute Gasteiger partial charge is 0.519 e. The van der Waals surface area contributed by atoms with E-state index in [4.69, 9.17) is 13.6 Å². The highest BCUT2D eigenvalue weighted by Gasteiger charge is 2.38. The Bertz CT molecular complexity index is 1520. The van der Waals surface area contributed by atoms with E-state index in [1.165, 1.54) is 44.1 Å². The lowest BCUT2D eigenvalue weighted by molar-refractivity contribution is 0.00778. The van der Waals surface area contributed by atoms with Gasteiger partial charge in [0.1, 0.15) is 17.6 Å². The minimum atomic E-state index is -0.605. The van der Waals surface area contributed by atoms with Crippen molar-refractivity contribution in [2.24, 2.45) is 22.2 Å². The van der Waals surface area contributed by atoms with Crippen LogP contribution in [0.3, 0.4) is 0 Å². The van der Waals surface area contributed by atoms with Crippen molar-refractivity contribution < 1.29 is 18.4 Å². The third-order valence-electron chi connectivity index (χ3n) is 9.30. The summed E-state index contributed by atoms with van der Waals surface area (Å²) in [6, 6.07) is 14.6. The van der Waals surface area contributed by atoms with E-state index >= 15 is 0 Å². The number of benzene rings is 2. The zero-order chi connectivity index (χ0) is 35.4. The fourth-order valence-electron chi connectivity index (χ4n) is 6.12. The van der Waals surface area contributed by atoms with Crippen LogP contribution in [0, 0.1) is 29.1 Å². The number of fused-ring (bicyclic) bond motifs is 2. The van der Waals surface area contributed by atoms with E-state index in [0.29, 0.717) is 27.9 Å². The lowest BCUT2D eigenvalue weighted by atomic mass is 9.69. The number of rotatable bonds is 1. The van der Waals surface area contributed by atoms with Gasteiger partial charge in [-0.15, -0.1) is 0 Å². The topological polar surface area (TPSA) is 69.7 Å². The van der Waals surface area contributed by atoms with E-state index in [1.54, 1.807) is 18.1 Å².